The first-order valence-electron chi connectivity index (χ1n) is 9.02. The molecule has 1 aliphatic heterocycles. The Hall–Kier alpha value is -2.13. The van der Waals surface area contributed by atoms with Crippen LogP contribution in [0.25, 0.3) is 0 Å². The van der Waals surface area contributed by atoms with Gasteiger partial charge in [-0.2, -0.15) is 8.42 Å². The second-order valence-electron chi connectivity index (χ2n) is 7.08. The molecule has 1 fully saturated rings. The lowest BCUT2D eigenvalue weighted by Gasteiger charge is -2.35. The maximum Gasteiger partial charge on any atom is 0.407 e. The molecule has 1 aliphatic rings. The highest BCUT2D eigenvalue weighted by Gasteiger charge is 2.30. The molecule has 2 aromatic rings. The Labute approximate surface area is 175 Å². The number of nitrogens with two attached hydrogens (primary N) is 1. The molecule has 0 radical (unpaired) electrons. The molecule has 158 valence electrons. The van der Waals surface area contributed by atoms with Crippen molar-refractivity contribution in [2.45, 2.75) is 37.1 Å². The Kier molecular flexibility index (Phi) is 7.65. The summed E-state index contributed by atoms with van der Waals surface area (Å²) in [4.78, 5) is 12.4. The Morgan fingerprint density at radius 2 is 1.79 bits per heavy atom. The first-order valence-corrected chi connectivity index (χ1v) is 10.8. The Balaban J connectivity index is 0.000000234. The first-order chi connectivity index (χ1) is 13.5. The monoisotopic (exact) mass is 440 g/mol. The molecule has 1 amide bonds. The van der Waals surface area contributed by atoms with Crippen molar-refractivity contribution in [3.63, 3.8) is 0 Å². The molecule has 3 rings (SSSR count). The molecule has 0 aromatic heterocycles. The van der Waals surface area contributed by atoms with E-state index in [2.05, 4.69) is 0 Å². The molecule has 29 heavy (non-hydrogen) atoms. The van der Waals surface area contributed by atoms with Crippen LogP contribution < -0.4 is 5.73 Å². The van der Waals surface area contributed by atoms with Gasteiger partial charge in [0.05, 0.1) is 4.90 Å². The quantitative estimate of drug-likeness (QED) is 0.612. The number of nitrogens with zero attached hydrogens (tertiary/aromatic N) is 1. The van der Waals surface area contributed by atoms with Crippen LogP contribution >= 0.6 is 11.6 Å². The van der Waals surface area contributed by atoms with Gasteiger partial charge in [0.15, 0.2) is 0 Å². The molecular formula is C20H25ClN2O5S. The number of benzene rings is 2. The number of hydrogen-bond acceptors (Lipinski definition) is 4. The molecule has 0 aliphatic carbocycles. The van der Waals surface area contributed by atoms with E-state index in [1.807, 2.05) is 32.0 Å². The number of piperidine rings is 1. The van der Waals surface area contributed by atoms with Gasteiger partial charge in [-0.15, -0.1) is 0 Å². The van der Waals surface area contributed by atoms with E-state index in [9.17, 15) is 13.2 Å². The third-order valence-corrected chi connectivity index (χ3v) is 6.16. The number of halogens is 1. The van der Waals surface area contributed by atoms with Gasteiger partial charge >= 0.3 is 6.09 Å². The van der Waals surface area contributed by atoms with Gasteiger partial charge in [-0.25, -0.2) is 4.79 Å². The second-order valence-corrected chi connectivity index (χ2v) is 8.91. The summed E-state index contributed by atoms with van der Waals surface area (Å²) in [6.07, 6.45) is -0.184. The van der Waals surface area contributed by atoms with Crippen molar-refractivity contribution in [2.75, 3.05) is 13.1 Å². The fraction of sp³-hybridized carbons (Fsp3) is 0.350. The number of carboxylic acid groups (broad SMARTS) is 1. The molecule has 0 unspecified atom stereocenters. The maximum absolute atomic E-state index is 11.0. The number of rotatable bonds is 2. The summed E-state index contributed by atoms with van der Waals surface area (Å²) in [5, 5.41) is 9.77. The van der Waals surface area contributed by atoms with E-state index in [0.717, 1.165) is 21.7 Å². The van der Waals surface area contributed by atoms with Crippen molar-refractivity contribution in [3.05, 3.63) is 64.2 Å². The van der Waals surface area contributed by atoms with Crippen LogP contribution in [0.4, 0.5) is 4.79 Å². The molecule has 1 heterocycles. The number of aryl methyl sites for hydroxylation is 2. The van der Waals surface area contributed by atoms with E-state index in [1.54, 1.807) is 12.1 Å². The fourth-order valence-corrected chi connectivity index (χ4v) is 3.70. The highest BCUT2D eigenvalue weighted by molar-refractivity contribution is 7.85. The van der Waals surface area contributed by atoms with Gasteiger partial charge in [0, 0.05) is 30.1 Å². The summed E-state index contributed by atoms with van der Waals surface area (Å²) in [5.41, 5.74) is 9.12. The van der Waals surface area contributed by atoms with Gasteiger partial charge in [0.1, 0.15) is 0 Å². The summed E-state index contributed by atoms with van der Waals surface area (Å²) in [6, 6.07) is 11.8. The molecule has 1 saturated heterocycles. The van der Waals surface area contributed by atoms with Crippen LogP contribution in [0.1, 0.15) is 29.0 Å². The van der Waals surface area contributed by atoms with Crippen molar-refractivity contribution in [2.24, 2.45) is 5.73 Å². The van der Waals surface area contributed by atoms with Crippen molar-refractivity contribution < 1.29 is 22.9 Å². The lowest BCUT2D eigenvalue weighted by atomic mass is 9.86. The topological polar surface area (TPSA) is 121 Å². The summed E-state index contributed by atoms with van der Waals surface area (Å²) in [6.45, 7) is 4.75. The minimum absolute atomic E-state index is 0.00109. The third kappa shape index (κ3) is 6.43. The molecule has 2 aromatic carbocycles. The lowest BCUT2D eigenvalue weighted by Crippen LogP contribution is -2.47. The molecule has 0 spiro atoms. The van der Waals surface area contributed by atoms with Gasteiger partial charge in [0.25, 0.3) is 10.1 Å². The van der Waals surface area contributed by atoms with Crippen molar-refractivity contribution in [1.82, 2.24) is 4.90 Å². The smallest absolute Gasteiger partial charge is 0.407 e. The number of amides is 1. The molecule has 7 nitrogen and oxygen atoms in total. The van der Waals surface area contributed by atoms with E-state index < -0.39 is 16.2 Å². The zero-order valence-corrected chi connectivity index (χ0v) is 17.8. The number of carbonyl (C=O) groups is 1. The second kappa shape index (κ2) is 9.58. The maximum atomic E-state index is 11.0. The van der Waals surface area contributed by atoms with E-state index in [1.165, 1.54) is 17.0 Å². The SMILES string of the molecule is Cc1cc([C@@H]2CN(C(=O)O)CC[C@H]2N)ccc1Cl.Cc1ccc(S(=O)(=O)O)cc1. The van der Waals surface area contributed by atoms with Crippen molar-refractivity contribution in [3.8, 4) is 0 Å². The first kappa shape index (κ1) is 23.2. The average Bonchev–Trinajstić information content (AvgIpc) is 2.64. The van der Waals surface area contributed by atoms with Crippen LogP contribution in [0.5, 0.6) is 0 Å². The molecule has 0 bridgehead atoms. The van der Waals surface area contributed by atoms with E-state index in [-0.39, 0.29) is 16.9 Å². The summed E-state index contributed by atoms with van der Waals surface area (Å²) in [7, 11) is -4.02. The van der Waals surface area contributed by atoms with Gasteiger partial charge in [0.2, 0.25) is 0 Å². The summed E-state index contributed by atoms with van der Waals surface area (Å²) >= 11 is 6.00. The predicted molar refractivity (Wildman–Crippen MR) is 112 cm³/mol. The zero-order chi connectivity index (χ0) is 21.8. The largest absolute Gasteiger partial charge is 0.465 e. The highest BCUT2D eigenvalue weighted by atomic mass is 35.5. The van der Waals surface area contributed by atoms with E-state index in [4.69, 9.17) is 27.0 Å². The van der Waals surface area contributed by atoms with Gasteiger partial charge < -0.3 is 15.7 Å². The standard InChI is InChI=1S/C13H17ClN2O2.C7H8O3S/c1-8-6-9(2-3-11(8)14)10-7-16(13(17)18)5-4-12(10)15;1-6-2-4-7(5-3-6)11(8,9)10/h2-3,6,10,12H,4-5,7,15H2,1H3,(H,17,18);2-5H,1H3,(H,8,9,10)/t10-,12+;/m0./s1. The molecule has 2 atom stereocenters. The number of likely N-dealkylation sites (tertiary alicyclic amines) is 1. The van der Waals surface area contributed by atoms with Crippen molar-refractivity contribution in [1.29, 1.82) is 0 Å². The summed E-state index contributed by atoms with van der Waals surface area (Å²) in [5.74, 6) is 0.0471. The Morgan fingerprint density at radius 1 is 1.17 bits per heavy atom. The van der Waals surface area contributed by atoms with Crippen LogP contribution in [0, 0.1) is 13.8 Å². The third-order valence-electron chi connectivity index (χ3n) is 4.87. The highest BCUT2D eigenvalue weighted by Crippen LogP contribution is 2.28. The van der Waals surface area contributed by atoms with Crippen LogP contribution in [0.15, 0.2) is 47.4 Å². The Morgan fingerprint density at radius 3 is 2.31 bits per heavy atom. The minimum atomic E-state index is -4.02. The molecule has 0 saturated carbocycles. The van der Waals surface area contributed by atoms with Gasteiger partial charge in [-0.1, -0.05) is 41.4 Å². The average molecular weight is 441 g/mol. The fourth-order valence-electron chi connectivity index (χ4n) is 3.11. The number of hydrogen-bond donors (Lipinski definition) is 3. The molecule has 4 N–H and O–H groups in total. The van der Waals surface area contributed by atoms with Crippen molar-refractivity contribution >= 4 is 27.8 Å². The van der Waals surface area contributed by atoms with Crippen LogP contribution in [0.2, 0.25) is 5.02 Å². The molecule has 9 heteroatoms. The van der Waals surface area contributed by atoms with E-state index >= 15 is 0 Å². The van der Waals surface area contributed by atoms with Crippen LogP contribution in [0.3, 0.4) is 0 Å². The minimum Gasteiger partial charge on any atom is -0.465 e. The van der Waals surface area contributed by atoms with E-state index in [0.29, 0.717) is 19.5 Å². The van der Waals surface area contributed by atoms with Crippen LogP contribution in [-0.4, -0.2) is 48.2 Å². The summed E-state index contributed by atoms with van der Waals surface area (Å²) < 4.78 is 29.6. The Bertz CT molecular complexity index is 963. The lowest BCUT2D eigenvalue weighted by molar-refractivity contribution is 0.126. The molecular weight excluding hydrogens is 416 g/mol. The predicted octanol–water partition coefficient (Wildman–Crippen LogP) is 3.68. The van der Waals surface area contributed by atoms with Gasteiger partial charge in [-0.05, 0) is 49.6 Å². The normalized spacial score (nSPS) is 19.3. The van der Waals surface area contributed by atoms with Gasteiger partial charge in [-0.3, -0.25) is 4.55 Å². The van der Waals surface area contributed by atoms with Crippen LogP contribution in [-0.2, 0) is 10.1 Å². The zero-order valence-electron chi connectivity index (χ0n) is 16.2.